The van der Waals surface area contributed by atoms with E-state index >= 15 is 0 Å². The zero-order chi connectivity index (χ0) is 29.4. The number of nitrogens with zero attached hydrogens (tertiary/aromatic N) is 2. The molecule has 2 aromatic rings. The van der Waals surface area contributed by atoms with Crippen LogP contribution in [0.2, 0.25) is 10.0 Å². The number of rotatable bonds is 8. The van der Waals surface area contributed by atoms with Gasteiger partial charge in [0.05, 0.1) is 10.0 Å². The standard InChI is InChI=1S/C27H33Cl2FN2O3.H3O4P/c1-18-25(7-6-23(28)26(18)29)35-22-10-12-31(13-11-22)17-20-8-14-32(15-9-20)24(27(33)34)16-19-2-4-21(30)5-3-19;1-5(2,3)4/h2-7,20,22,24H,8-17H2,1H3,(H,33,34);(H3,1,2,3,4)/t24-;/m0./s1. The van der Waals surface area contributed by atoms with Gasteiger partial charge in [-0.25, -0.2) is 8.96 Å². The lowest BCUT2D eigenvalue weighted by molar-refractivity contribution is -0.144. The van der Waals surface area contributed by atoms with Crippen molar-refractivity contribution in [1.82, 2.24) is 9.80 Å². The summed E-state index contributed by atoms with van der Waals surface area (Å²) < 4.78 is 28.3. The lowest BCUT2D eigenvalue weighted by Crippen LogP contribution is -2.48. The fourth-order valence-electron chi connectivity index (χ4n) is 5.18. The van der Waals surface area contributed by atoms with Gasteiger partial charge < -0.3 is 29.4 Å². The summed E-state index contributed by atoms with van der Waals surface area (Å²) in [6, 6.07) is 9.23. The van der Waals surface area contributed by atoms with Crippen LogP contribution in [0.4, 0.5) is 4.39 Å². The van der Waals surface area contributed by atoms with E-state index in [0.717, 1.165) is 75.3 Å². The molecule has 2 aliphatic rings. The van der Waals surface area contributed by atoms with Crippen molar-refractivity contribution in [2.24, 2.45) is 5.92 Å². The highest BCUT2D eigenvalue weighted by Gasteiger charge is 2.31. The minimum atomic E-state index is -4.64. The smallest absolute Gasteiger partial charge is 0.466 e. The Kier molecular flexibility index (Phi) is 12.2. The molecule has 2 heterocycles. The summed E-state index contributed by atoms with van der Waals surface area (Å²) in [7, 11) is -4.64. The number of hydrogen-bond acceptors (Lipinski definition) is 5. The van der Waals surface area contributed by atoms with Crippen molar-refractivity contribution < 1.29 is 38.3 Å². The van der Waals surface area contributed by atoms with E-state index in [0.29, 0.717) is 22.4 Å². The molecule has 40 heavy (non-hydrogen) atoms. The molecule has 2 aromatic carbocycles. The van der Waals surface area contributed by atoms with E-state index in [-0.39, 0.29) is 11.9 Å². The molecule has 2 aliphatic heterocycles. The molecule has 0 bridgehead atoms. The van der Waals surface area contributed by atoms with Crippen LogP contribution in [0, 0.1) is 18.7 Å². The quantitative estimate of drug-likeness (QED) is 0.308. The molecular weight excluding hydrogens is 585 g/mol. The molecule has 2 saturated heterocycles. The number of ether oxygens (including phenoxy) is 1. The van der Waals surface area contributed by atoms with Crippen molar-refractivity contribution in [2.75, 3.05) is 32.7 Å². The molecule has 13 heteroatoms. The Hall–Kier alpha value is -1.75. The minimum absolute atomic E-state index is 0.173. The van der Waals surface area contributed by atoms with Gasteiger partial charge in [-0.15, -0.1) is 0 Å². The molecular formula is C27H36Cl2FN2O7P. The first-order valence-electron chi connectivity index (χ1n) is 13.1. The fraction of sp³-hybridized carbons (Fsp3) is 0.519. The fourth-order valence-corrected chi connectivity index (χ4v) is 5.54. The van der Waals surface area contributed by atoms with E-state index in [1.807, 2.05) is 13.0 Å². The summed E-state index contributed by atoms with van der Waals surface area (Å²) in [5, 5.41) is 10.9. The van der Waals surface area contributed by atoms with E-state index in [2.05, 4.69) is 9.80 Å². The summed E-state index contributed by atoms with van der Waals surface area (Å²) in [6.45, 7) is 6.51. The maximum atomic E-state index is 13.2. The second-order valence-corrected chi connectivity index (χ2v) is 12.1. The number of phosphoric acid groups is 1. The highest BCUT2D eigenvalue weighted by atomic mass is 35.5. The number of halogens is 3. The molecule has 9 nitrogen and oxygen atoms in total. The van der Waals surface area contributed by atoms with Gasteiger partial charge in [-0.2, -0.15) is 0 Å². The predicted octanol–water partition coefficient (Wildman–Crippen LogP) is 4.76. The summed E-state index contributed by atoms with van der Waals surface area (Å²) in [5.74, 6) is 0.258. The summed E-state index contributed by atoms with van der Waals surface area (Å²) >= 11 is 12.3. The molecule has 4 N–H and O–H groups in total. The van der Waals surface area contributed by atoms with E-state index in [4.69, 9.17) is 47.2 Å². The van der Waals surface area contributed by atoms with Gasteiger partial charge in [0.2, 0.25) is 0 Å². The van der Waals surface area contributed by atoms with Crippen molar-refractivity contribution >= 4 is 37.0 Å². The van der Waals surface area contributed by atoms with E-state index in [1.165, 1.54) is 12.1 Å². The normalized spacial score (nSPS) is 18.6. The van der Waals surface area contributed by atoms with Crippen molar-refractivity contribution in [3.8, 4) is 5.75 Å². The van der Waals surface area contributed by atoms with Gasteiger partial charge in [-0.3, -0.25) is 9.69 Å². The second-order valence-electron chi connectivity index (χ2n) is 10.3. The molecule has 0 aromatic heterocycles. The van der Waals surface area contributed by atoms with Crippen molar-refractivity contribution in [3.05, 3.63) is 63.4 Å². The Bertz CT molecular complexity index is 1160. The number of carbonyl (C=O) groups is 1. The maximum absolute atomic E-state index is 13.2. The number of benzene rings is 2. The van der Waals surface area contributed by atoms with Gasteiger partial charge >= 0.3 is 13.8 Å². The molecule has 0 radical (unpaired) electrons. The van der Waals surface area contributed by atoms with Crippen LogP contribution in [0.15, 0.2) is 36.4 Å². The van der Waals surface area contributed by atoms with Gasteiger partial charge in [-0.1, -0.05) is 35.3 Å². The van der Waals surface area contributed by atoms with Crippen LogP contribution in [0.3, 0.4) is 0 Å². The van der Waals surface area contributed by atoms with E-state index in [9.17, 15) is 14.3 Å². The van der Waals surface area contributed by atoms with Crippen molar-refractivity contribution in [3.63, 3.8) is 0 Å². The third-order valence-electron chi connectivity index (χ3n) is 7.35. The van der Waals surface area contributed by atoms with Gasteiger partial charge in [-0.05, 0) is 87.9 Å². The molecule has 0 saturated carbocycles. The minimum Gasteiger partial charge on any atom is -0.490 e. The van der Waals surface area contributed by atoms with Crippen LogP contribution < -0.4 is 4.74 Å². The van der Waals surface area contributed by atoms with Crippen LogP contribution in [0.1, 0.15) is 36.8 Å². The summed E-state index contributed by atoms with van der Waals surface area (Å²) in [6.07, 6.45) is 4.49. The first kappa shape index (κ1) is 32.8. The topological polar surface area (TPSA) is 131 Å². The van der Waals surface area contributed by atoms with E-state index < -0.39 is 19.8 Å². The van der Waals surface area contributed by atoms with Crippen LogP contribution in [-0.4, -0.2) is 80.4 Å². The predicted molar refractivity (Wildman–Crippen MR) is 151 cm³/mol. The zero-order valence-corrected chi connectivity index (χ0v) is 24.7. The number of piperidine rings is 2. The third-order valence-corrected chi connectivity index (χ3v) is 8.25. The Morgan fingerprint density at radius 3 is 2.15 bits per heavy atom. The molecule has 4 rings (SSSR count). The van der Waals surface area contributed by atoms with Gasteiger partial charge in [0.25, 0.3) is 0 Å². The SMILES string of the molecule is Cc1c(OC2CCN(CC3CCN([C@@H](Cc4ccc(F)cc4)C(=O)O)CC3)CC2)ccc(Cl)c1Cl.O=P(O)(O)O. The van der Waals surface area contributed by atoms with Crippen LogP contribution in [-0.2, 0) is 15.8 Å². The number of likely N-dealkylation sites (tertiary alicyclic amines) is 2. The molecule has 2 fully saturated rings. The van der Waals surface area contributed by atoms with E-state index in [1.54, 1.807) is 18.2 Å². The van der Waals surface area contributed by atoms with Crippen molar-refractivity contribution in [1.29, 1.82) is 0 Å². The zero-order valence-electron chi connectivity index (χ0n) is 22.3. The van der Waals surface area contributed by atoms with Crippen LogP contribution >= 0.6 is 31.0 Å². The number of carboxylic acids is 1. The Balaban J connectivity index is 0.000000810. The Morgan fingerprint density at radius 1 is 1.02 bits per heavy atom. The summed E-state index contributed by atoms with van der Waals surface area (Å²) in [4.78, 5) is 38.1. The molecule has 222 valence electrons. The Labute approximate surface area is 243 Å². The molecule has 1 atom stereocenters. The molecule has 0 unspecified atom stereocenters. The number of carboxylic acid groups (broad SMARTS) is 1. The lowest BCUT2D eigenvalue weighted by Gasteiger charge is -2.39. The molecule has 0 amide bonds. The van der Waals surface area contributed by atoms with Crippen molar-refractivity contribution in [2.45, 2.75) is 51.2 Å². The molecule has 0 aliphatic carbocycles. The highest BCUT2D eigenvalue weighted by molar-refractivity contribution is 7.45. The number of aliphatic carboxylic acids is 1. The maximum Gasteiger partial charge on any atom is 0.466 e. The first-order valence-corrected chi connectivity index (χ1v) is 15.5. The van der Waals surface area contributed by atoms with Crippen LogP contribution in [0.5, 0.6) is 5.75 Å². The van der Waals surface area contributed by atoms with Crippen LogP contribution in [0.25, 0.3) is 0 Å². The average Bonchev–Trinajstić information content (AvgIpc) is 2.89. The monoisotopic (exact) mass is 620 g/mol. The molecule has 0 spiro atoms. The average molecular weight is 621 g/mol. The first-order chi connectivity index (χ1) is 18.8. The highest BCUT2D eigenvalue weighted by Crippen LogP contribution is 2.34. The lowest BCUT2D eigenvalue weighted by atomic mass is 9.93. The second kappa shape index (κ2) is 14.9. The summed E-state index contributed by atoms with van der Waals surface area (Å²) in [5.41, 5.74) is 1.73. The third kappa shape index (κ3) is 10.6. The Morgan fingerprint density at radius 2 is 1.60 bits per heavy atom. The van der Waals surface area contributed by atoms with Gasteiger partial charge in [0.15, 0.2) is 0 Å². The largest absolute Gasteiger partial charge is 0.490 e. The van der Waals surface area contributed by atoms with Gasteiger partial charge in [0.1, 0.15) is 23.7 Å². The van der Waals surface area contributed by atoms with Gasteiger partial charge in [0, 0.05) is 25.2 Å². The number of hydrogen-bond donors (Lipinski definition) is 4.